The number of piperidine rings is 1. The number of benzene rings is 1. The summed E-state index contributed by atoms with van der Waals surface area (Å²) < 4.78 is 0. The van der Waals surface area contributed by atoms with Crippen molar-refractivity contribution in [2.75, 3.05) is 24.1 Å². The Morgan fingerprint density at radius 1 is 1.48 bits per heavy atom. The van der Waals surface area contributed by atoms with Crippen LogP contribution in [0.4, 0.5) is 10.8 Å². The Bertz CT molecular complexity index is 685. The van der Waals surface area contributed by atoms with Gasteiger partial charge in [0.15, 0.2) is 5.13 Å². The van der Waals surface area contributed by atoms with E-state index in [1.165, 1.54) is 24.2 Å². The van der Waals surface area contributed by atoms with Gasteiger partial charge >= 0.3 is 0 Å². The van der Waals surface area contributed by atoms with Crippen molar-refractivity contribution in [3.63, 3.8) is 0 Å². The second-order valence-corrected chi connectivity index (χ2v) is 7.03. The molecule has 1 fully saturated rings. The summed E-state index contributed by atoms with van der Waals surface area (Å²) in [5.41, 5.74) is 7.80. The van der Waals surface area contributed by atoms with Gasteiger partial charge in [0.05, 0.1) is 11.3 Å². The molecule has 1 atom stereocenters. The van der Waals surface area contributed by atoms with Crippen LogP contribution in [0, 0.1) is 5.92 Å². The van der Waals surface area contributed by atoms with Crippen molar-refractivity contribution < 1.29 is 4.79 Å². The molecule has 1 unspecified atom stereocenters. The first-order valence-corrected chi connectivity index (χ1v) is 8.82. The van der Waals surface area contributed by atoms with Gasteiger partial charge in [-0.25, -0.2) is 4.98 Å². The van der Waals surface area contributed by atoms with Crippen LogP contribution in [0.5, 0.6) is 0 Å². The lowest BCUT2D eigenvalue weighted by atomic mass is 10.0. The number of nitrogens with one attached hydrogen (secondary N) is 1. The topological polar surface area (TPSA) is 71.2 Å². The highest BCUT2D eigenvalue weighted by Crippen LogP contribution is 2.22. The van der Waals surface area contributed by atoms with Gasteiger partial charge in [-0.15, -0.1) is 11.3 Å². The first-order valence-electron chi connectivity index (χ1n) is 7.94. The molecule has 0 spiro atoms. The van der Waals surface area contributed by atoms with Crippen LogP contribution in [0.3, 0.4) is 0 Å². The molecular formula is C17H22N4OS. The molecule has 1 aliphatic rings. The van der Waals surface area contributed by atoms with Crippen LogP contribution >= 0.6 is 11.3 Å². The maximum absolute atomic E-state index is 12.2. The molecule has 1 amide bonds. The number of carbonyl (C=O) groups excluding carboxylic acids is 1. The molecule has 1 saturated heterocycles. The van der Waals surface area contributed by atoms with Gasteiger partial charge in [-0.3, -0.25) is 15.0 Å². The van der Waals surface area contributed by atoms with Crippen LogP contribution in [0.2, 0.25) is 0 Å². The number of para-hydroxylation sites is 1. The van der Waals surface area contributed by atoms with E-state index in [-0.39, 0.29) is 5.91 Å². The third-order valence-corrected chi connectivity index (χ3v) is 4.91. The van der Waals surface area contributed by atoms with Crippen molar-refractivity contribution >= 4 is 28.1 Å². The van der Waals surface area contributed by atoms with E-state index >= 15 is 0 Å². The molecule has 0 saturated carbocycles. The van der Waals surface area contributed by atoms with Crippen molar-refractivity contribution in [3.05, 3.63) is 40.9 Å². The molecule has 2 aromatic rings. The quantitative estimate of drug-likeness (QED) is 0.845. The zero-order valence-electron chi connectivity index (χ0n) is 13.3. The summed E-state index contributed by atoms with van der Waals surface area (Å²) in [5.74, 6) is 0.540. The van der Waals surface area contributed by atoms with E-state index in [1.54, 1.807) is 18.2 Å². The maximum Gasteiger partial charge on any atom is 0.259 e. The smallest absolute Gasteiger partial charge is 0.259 e. The number of aromatic nitrogens is 1. The molecule has 1 aromatic carbocycles. The van der Waals surface area contributed by atoms with Crippen molar-refractivity contribution in [2.24, 2.45) is 5.92 Å². The van der Waals surface area contributed by atoms with E-state index in [2.05, 4.69) is 22.1 Å². The minimum atomic E-state index is -0.212. The predicted octanol–water partition coefficient (Wildman–Crippen LogP) is 3.21. The van der Waals surface area contributed by atoms with Crippen molar-refractivity contribution in [3.8, 4) is 0 Å². The average molecular weight is 330 g/mol. The molecule has 1 aliphatic heterocycles. The average Bonchev–Trinajstić information content (AvgIpc) is 2.94. The van der Waals surface area contributed by atoms with E-state index in [1.807, 2.05) is 11.4 Å². The summed E-state index contributed by atoms with van der Waals surface area (Å²) in [7, 11) is 0. The number of hydrogen-bond acceptors (Lipinski definition) is 5. The SMILES string of the molecule is CC1CCCN(Cc2csc(NC(=O)c3ccccc3N)n2)C1. The van der Waals surface area contributed by atoms with E-state index in [0.717, 1.165) is 31.2 Å². The lowest BCUT2D eigenvalue weighted by Gasteiger charge is -2.30. The summed E-state index contributed by atoms with van der Waals surface area (Å²) in [6.07, 6.45) is 2.57. The van der Waals surface area contributed by atoms with Crippen LogP contribution < -0.4 is 11.1 Å². The maximum atomic E-state index is 12.2. The number of nitrogens with zero attached hydrogens (tertiary/aromatic N) is 2. The Kier molecular flexibility index (Phi) is 4.93. The Morgan fingerprint density at radius 2 is 2.30 bits per heavy atom. The number of rotatable bonds is 4. The van der Waals surface area contributed by atoms with Crippen LogP contribution in [0.1, 0.15) is 35.8 Å². The molecule has 0 radical (unpaired) electrons. The number of nitrogen functional groups attached to an aromatic ring is 1. The molecule has 5 nitrogen and oxygen atoms in total. The van der Waals surface area contributed by atoms with E-state index in [4.69, 9.17) is 5.73 Å². The predicted molar refractivity (Wildman–Crippen MR) is 94.6 cm³/mol. The highest BCUT2D eigenvalue weighted by molar-refractivity contribution is 7.14. The lowest BCUT2D eigenvalue weighted by molar-refractivity contribution is 0.102. The zero-order chi connectivity index (χ0) is 16.2. The second-order valence-electron chi connectivity index (χ2n) is 6.17. The highest BCUT2D eigenvalue weighted by Gasteiger charge is 2.18. The normalized spacial score (nSPS) is 18.7. The molecule has 3 N–H and O–H groups in total. The molecule has 0 bridgehead atoms. The summed E-state index contributed by atoms with van der Waals surface area (Å²) in [6, 6.07) is 7.05. The van der Waals surface area contributed by atoms with Crippen LogP contribution in [0.25, 0.3) is 0 Å². The number of carbonyl (C=O) groups is 1. The van der Waals surface area contributed by atoms with Gasteiger partial charge in [0.25, 0.3) is 5.91 Å². The van der Waals surface area contributed by atoms with Gasteiger partial charge in [0.1, 0.15) is 0 Å². The number of nitrogens with two attached hydrogens (primary N) is 1. The van der Waals surface area contributed by atoms with Crippen LogP contribution in [0.15, 0.2) is 29.6 Å². The molecule has 2 heterocycles. The molecule has 23 heavy (non-hydrogen) atoms. The first-order chi connectivity index (χ1) is 11.1. The lowest BCUT2D eigenvalue weighted by Crippen LogP contribution is -2.33. The third-order valence-electron chi connectivity index (χ3n) is 4.10. The number of amides is 1. The minimum absolute atomic E-state index is 0.212. The molecular weight excluding hydrogens is 308 g/mol. The Hall–Kier alpha value is -1.92. The number of hydrogen-bond donors (Lipinski definition) is 2. The van der Waals surface area contributed by atoms with Crippen molar-refractivity contribution in [1.82, 2.24) is 9.88 Å². The standard InChI is InChI=1S/C17H22N4OS/c1-12-5-4-8-21(9-12)10-13-11-23-17(19-13)20-16(22)14-6-2-3-7-15(14)18/h2-3,6-7,11-12H,4-5,8-10,18H2,1H3,(H,19,20,22). The molecule has 6 heteroatoms. The van der Waals surface area contributed by atoms with Gasteiger partial charge in [-0.05, 0) is 37.4 Å². The minimum Gasteiger partial charge on any atom is -0.398 e. The fourth-order valence-electron chi connectivity index (χ4n) is 2.96. The van der Waals surface area contributed by atoms with E-state index in [0.29, 0.717) is 16.4 Å². The van der Waals surface area contributed by atoms with Gasteiger partial charge < -0.3 is 5.73 Å². The van der Waals surface area contributed by atoms with Gasteiger partial charge in [0.2, 0.25) is 0 Å². The Labute approximate surface area is 140 Å². The number of thiazole rings is 1. The Balaban J connectivity index is 1.61. The summed E-state index contributed by atoms with van der Waals surface area (Å²) in [4.78, 5) is 19.2. The fourth-order valence-corrected chi connectivity index (χ4v) is 3.66. The van der Waals surface area contributed by atoms with E-state index < -0.39 is 0 Å². The van der Waals surface area contributed by atoms with Crippen LogP contribution in [-0.2, 0) is 6.54 Å². The van der Waals surface area contributed by atoms with E-state index in [9.17, 15) is 4.79 Å². The summed E-state index contributed by atoms with van der Waals surface area (Å²) in [6.45, 7) is 5.40. The first kappa shape index (κ1) is 16.0. The van der Waals surface area contributed by atoms with Crippen molar-refractivity contribution in [1.29, 1.82) is 0 Å². The van der Waals surface area contributed by atoms with Gasteiger partial charge in [-0.1, -0.05) is 19.1 Å². The number of anilines is 2. The highest BCUT2D eigenvalue weighted by atomic mass is 32.1. The molecule has 0 aliphatic carbocycles. The van der Waals surface area contributed by atoms with Gasteiger partial charge in [0, 0.05) is 24.2 Å². The second kappa shape index (κ2) is 7.10. The van der Waals surface area contributed by atoms with Crippen LogP contribution in [-0.4, -0.2) is 28.9 Å². The largest absolute Gasteiger partial charge is 0.398 e. The molecule has 3 rings (SSSR count). The Morgan fingerprint density at radius 3 is 3.09 bits per heavy atom. The zero-order valence-corrected chi connectivity index (χ0v) is 14.1. The number of likely N-dealkylation sites (tertiary alicyclic amines) is 1. The third kappa shape index (κ3) is 4.09. The molecule has 1 aromatic heterocycles. The van der Waals surface area contributed by atoms with Gasteiger partial charge in [-0.2, -0.15) is 0 Å². The summed E-state index contributed by atoms with van der Waals surface area (Å²) in [5, 5.41) is 5.48. The summed E-state index contributed by atoms with van der Waals surface area (Å²) >= 11 is 1.46. The monoisotopic (exact) mass is 330 g/mol. The van der Waals surface area contributed by atoms with Crippen molar-refractivity contribution in [2.45, 2.75) is 26.3 Å². The fraction of sp³-hybridized carbons (Fsp3) is 0.412. The molecule has 122 valence electrons.